The molecular formula is C46H28N4O. The van der Waals surface area contributed by atoms with Crippen molar-refractivity contribution in [1.82, 2.24) is 19.1 Å². The molecule has 7 aromatic carbocycles. The van der Waals surface area contributed by atoms with Crippen LogP contribution in [0.3, 0.4) is 0 Å². The van der Waals surface area contributed by atoms with Gasteiger partial charge >= 0.3 is 0 Å². The third-order valence-electron chi connectivity index (χ3n) is 10.1. The first-order valence-electron chi connectivity index (χ1n) is 17.2. The standard InChI is InChI=1S/C46H28N4O/c1-4-14-29(15-5-1)36-28-37(30-16-6-2-7-17-30)48-46(47-36)50-38-22-12-10-20-32(38)34-24-26-39-42(44(34)50)43-40(49(39)31-18-8-3-9-19-31)27-25-35-33-21-11-13-23-41(33)51-45(35)43/h1-28H. The smallest absolute Gasteiger partial charge is 0.235 e. The fourth-order valence-corrected chi connectivity index (χ4v) is 7.93. The summed E-state index contributed by atoms with van der Waals surface area (Å²) in [6.07, 6.45) is 0. The summed E-state index contributed by atoms with van der Waals surface area (Å²) in [5.74, 6) is 0.617. The maximum atomic E-state index is 6.79. The van der Waals surface area contributed by atoms with E-state index in [4.69, 9.17) is 14.4 Å². The molecule has 5 heteroatoms. The molecule has 0 atom stereocenters. The van der Waals surface area contributed by atoms with Crippen molar-refractivity contribution >= 4 is 65.6 Å². The SMILES string of the molecule is c1ccc(-c2cc(-c3ccccc3)nc(-n3c4ccccc4c4ccc5c(c6c7oc8ccccc8c7ccc6n5-c5ccccc5)c43)n2)cc1. The number of nitrogens with zero attached hydrogens (tertiary/aromatic N) is 4. The molecule has 0 saturated heterocycles. The van der Waals surface area contributed by atoms with Crippen LogP contribution in [-0.4, -0.2) is 19.1 Å². The lowest BCUT2D eigenvalue weighted by Gasteiger charge is -2.12. The maximum Gasteiger partial charge on any atom is 0.235 e. The fourth-order valence-electron chi connectivity index (χ4n) is 7.93. The number of fused-ring (bicyclic) bond motifs is 11. The van der Waals surface area contributed by atoms with Crippen LogP contribution in [0.15, 0.2) is 174 Å². The summed E-state index contributed by atoms with van der Waals surface area (Å²) >= 11 is 0. The van der Waals surface area contributed by atoms with E-state index in [2.05, 4.69) is 161 Å². The van der Waals surface area contributed by atoms with Gasteiger partial charge in [-0.25, -0.2) is 9.97 Å². The number of rotatable bonds is 4. The third-order valence-corrected chi connectivity index (χ3v) is 10.1. The van der Waals surface area contributed by atoms with Crippen LogP contribution in [0.25, 0.3) is 99.7 Å². The van der Waals surface area contributed by atoms with Gasteiger partial charge < -0.3 is 8.98 Å². The van der Waals surface area contributed by atoms with Crippen LogP contribution in [0.1, 0.15) is 0 Å². The van der Waals surface area contributed by atoms with E-state index in [0.717, 1.165) is 93.8 Å². The zero-order valence-corrected chi connectivity index (χ0v) is 27.4. The van der Waals surface area contributed by atoms with Gasteiger partial charge in [-0.2, -0.15) is 0 Å². The van der Waals surface area contributed by atoms with Crippen molar-refractivity contribution in [2.45, 2.75) is 0 Å². The van der Waals surface area contributed by atoms with Crippen LogP contribution < -0.4 is 0 Å². The van der Waals surface area contributed by atoms with E-state index in [0.29, 0.717) is 5.95 Å². The van der Waals surface area contributed by atoms with Crippen LogP contribution in [0, 0.1) is 0 Å². The first-order chi connectivity index (χ1) is 25.3. The Kier molecular flexibility index (Phi) is 5.89. The molecule has 0 unspecified atom stereocenters. The number of furan rings is 1. The summed E-state index contributed by atoms with van der Waals surface area (Å²) in [4.78, 5) is 10.7. The predicted molar refractivity (Wildman–Crippen MR) is 209 cm³/mol. The number of hydrogen-bond acceptors (Lipinski definition) is 3. The van der Waals surface area contributed by atoms with Crippen LogP contribution in [0.4, 0.5) is 0 Å². The Balaban J connectivity index is 1.36. The molecule has 0 bridgehead atoms. The molecule has 4 heterocycles. The molecule has 11 aromatic rings. The van der Waals surface area contributed by atoms with Gasteiger partial charge in [0.1, 0.15) is 11.2 Å². The van der Waals surface area contributed by atoms with Gasteiger partial charge in [0, 0.05) is 43.7 Å². The van der Waals surface area contributed by atoms with Crippen molar-refractivity contribution in [3.05, 3.63) is 170 Å². The quantitative estimate of drug-likeness (QED) is 0.190. The van der Waals surface area contributed by atoms with Gasteiger partial charge in [-0.15, -0.1) is 0 Å². The highest BCUT2D eigenvalue weighted by atomic mass is 16.3. The first-order valence-corrected chi connectivity index (χ1v) is 17.2. The highest BCUT2D eigenvalue weighted by molar-refractivity contribution is 6.31. The van der Waals surface area contributed by atoms with Gasteiger partial charge in [-0.05, 0) is 48.5 Å². The van der Waals surface area contributed by atoms with Crippen molar-refractivity contribution < 1.29 is 4.42 Å². The van der Waals surface area contributed by atoms with E-state index >= 15 is 0 Å². The monoisotopic (exact) mass is 652 g/mol. The highest BCUT2D eigenvalue weighted by Gasteiger charge is 2.25. The third kappa shape index (κ3) is 4.09. The van der Waals surface area contributed by atoms with Gasteiger partial charge in [0.15, 0.2) is 0 Å². The minimum Gasteiger partial charge on any atom is -0.455 e. The fraction of sp³-hybridized carbons (Fsp3) is 0. The summed E-state index contributed by atoms with van der Waals surface area (Å²) in [6, 6.07) is 59.2. The molecule has 0 aliphatic heterocycles. The van der Waals surface area contributed by atoms with Gasteiger partial charge in [0.05, 0.1) is 38.8 Å². The van der Waals surface area contributed by atoms with E-state index in [9.17, 15) is 0 Å². The van der Waals surface area contributed by atoms with E-state index in [1.807, 2.05) is 18.2 Å². The molecular weight excluding hydrogens is 625 g/mol. The van der Waals surface area contributed by atoms with Crippen molar-refractivity contribution in [3.8, 4) is 34.2 Å². The lowest BCUT2D eigenvalue weighted by atomic mass is 10.1. The Hall–Kier alpha value is -6.98. The first kappa shape index (κ1) is 27.9. The topological polar surface area (TPSA) is 48.8 Å². The normalized spacial score (nSPS) is 11.9. The predicted octanol–water partition coefficient (Wildman–Crippen LogP) is 11.9. The van der Waals surface area contributed by atoms with Crippen LogP contribution >= 0.6 is 0 Å². The van der Waals surface area contributed by atoms with E-state index < -0.39 is 0 Å². The largest absolute Gasteiger partial charge is 0.455 e. The summed E-state index contributed by atoms with van der Waals surface area (Å²) in [6.45, 7) is 0. The lowest BCUT2D eigenvalue weighted by Crippen LogP contribution is -2.04. The molecule has 0 amide bonds. The maximum absolute atomic E-state index is 6.79. The molecule has 0 N–H and O–H groups in total. The van der Waals surface area contributed by atoms with Crippen LogP contribution in [-0.2, 0) is 0 Å². The van der Waals surface area contributed by atoms with Gasteiger partial charge in [0.2, 0.25) is 5.95 Å². The van der Waals surface area contributed by atoms with Gasteiger partial charge in [-0.1, -0.05) is 121 Å². The average Bonchev–Trinajstić information content (AvgIpc) is 3.86. The van der Waals surface area contributed by atoms with Crippen molar-refractivity contribution in [2.24, 2.45) is 0 Å². The molecule has 0 spiro atoms. The van der Waals surface area contributed by atoms with Crippen molar-refractivity contribution in [2.75, 3.05) is 0 Å². The number of benzene rings is 7. The van der Waals surface area contributed by atoms with Gasteiger partial charge in [-0.3, -0.25) is 4.57 Å². The molecule has 0 aliphatic rings. The molecule has 4 aromatic heterocycles. The minimum atomic E-state index is 0.617. The van der Waals surface area contributed by atoms with E-state index in [1.165, 1.54) is 0 Å². The molecule has 11 rings (SSSR count). The summed E-state index contributed by atoms with van der Waals surface area (Å²) in [5, 5.41) is 6.64. The second-order valence-corrected chi connectivity index (χ2v) is 13.0. The average molecular weight is 653 g/mol. The second-order valence-electron chi connectivity index (χ2n) is 13.0. The summed E-state index contributed by atoms with van der Waals surface area (Å²) in [5.41, 5.74) is 10.9. The Morgan fingerprint density at radius 2 is 0.980 bits per heavy atom. The molecule has 5 nitrogen and oxygen atoms in total. The Morgan fingerprint density at radius 3 is 1.69 bits per heavy atom. The van der Waals surface area contributed by atoms with Crippen LogP contribution in [0.2, 0.25) is 0 Å². The Labute approximate surface area is 292 Å². The zero-order valence-electron chi connectivity index (χ0n) is 27.4. The van der Waals surface area contributed by atoms with Gasteiger partial charge in [0.25, 0.3) is 0 Å². The van der Waals surface area contributed by atoms with Crippen molar-refractivity contribution in [3.63, 3.8) is 0 Å². The second kappa shape index (κ2) is 10.8. The van der Waals surface area contributed by atoms with E-state index in [-0.39, 0.29) is 0 Å². The Morgan fingerprint density at radius 1 is 0.412 bits per heavy atom. The number of para-hydroxylation sites is 3. The lowest BCUT2D eigenvalue weighted by molar-refractivity contribution is 0.673. The summed E-state index contributed by atoms with van der Waals surface area (Å²) in [7, 11) is 0. The van der Waals surface area contributed by atoms with E-state index in [1.54, 1.807) is 0 Å². The minimum absolute atomic E-state index is 0.617. The van der Waals surface area contributed by atoms with Crippen molar-refractivity contribution in [1.29, 1.82) is 0 Å². The molecule has 0 radical (unpaired) electrons. The molecule has 51 heavy (non-hydrogen) atoms. The highest BCUT2D eigenvalue weighted by Crippen LogP contribution is 2.45. The number of hydrogen-bond donors (Lipinski definition) is 0. The molecule has 0 fully saturated rings. The Bertz CT molecular complexity index is 3060. The molecule has 0 saturated carbocycles. The number of aromatic nitrogens is 4. The zero-order chi connectivity index (χ0) is 33.5. The molecule has 238 valence electrons. The summed E-state index contributed by atoms with van der Waals surface area (Å²) < 4.78 is 11.4. The van der Waals surface area contributed by atoms with Crippen LogP contribution in [0.5, 0.6) is 0 Å². The molecule has 0 aliphatic carbocycles.